The summed E-state index contributed by atoms with van der Waals surface area (Å²) in [6, 6.07) is 14.4. The average molecular weight is 437 g/mol. The second kappa shape index (κ2) is 9.14. The zero-order chi connectivity index (χ0) is 22.0. The van der Waals surface area contributed by atoms with E-state index in [1.807, 2.05) is 43.0 Å². The number of carbonyl (C=O) groups is 1. The number of benzene rings is 2. The second-order valence-corrected chi connectivity index (χ2v) is 9.08. The summed E-state index contributed by atoms with van der Waals surface area (Å²) in [6.07, 6.45) is 0.911. The molecule has 0 saturated heterocycles. The van der Waals surface area contributed by atoms with Crippen molar-refractivity contribution in [3.63, 3.8) is 0 Å². The van der Waals surface area contributed by atoms with Crippen molar-refractivity contribution in [3.05, 3.63) is 65.0 Å². The summed E-state index contributed by atoms with van der Waals surface area (Å²) < 4.78 is 8.10. The van der Waals surface area contributed by atoms with E-state index in [-0.39, 0.29) is 11.9 Å². The number of ether oxygens (including phenoxy) is 1. The Morgan fingerprint density at radius 1 is 1.16 bits per heavy atom. The van der Waals surface area contributed by atoms with Gasteiger partial charge in [0.05, 0.1) is 5.75 Å². The number of anilines is 1. The molecule has 0 fully saturated rings. The second-order valence-electron chi connectivity index (χ2n) is 8.13. The standard InChI is InChI=1S/C24H28N4O2S/c1-16(2)28-22(14-30-21-13-17(3)9-10-18(21)4)25-26-24(28)31-15-23(29)27-12-11-19-7-5-6-8-20(19)27/h5-10,13,16H,11-12,14-15H2,1-4H3. The molecular weight excluding hydrogens is 408 g/mol. The summed E-state index contributed by atoms with van der Waals surface area (Å²) in [4.78, 5) is 14.8. The monoisotopic (exact) mass is 436 g/mol. The fourth-order valence-electron chi connectivity index (χ4n) is 3.83. The van der Waals surface area contributed by atoms with Crippen molar-refractivity contribution in [3.8, 4) is 5.75 Å². The number of amides is 1. The zero-order valence-corrected chi connectivity index (χ0v) is 19.3. The Balaban J connectivity index is 1.44. The smallest absolute Gasteiger partial charge is 0.237 e. The van der Waals surface area contributed by atoms with E-state index in [1.165, 1.54) is 17.3 Å². The van der Waals surface area contributed by atoms with Crippen LogP contribution in [-0.2, 0) is 17.8 Å². The maximum absolute atomic E-state index is 12.9. The number of hydrogen-bond acceptors (Lipinski definition) is 5. The number of para-hydroxylation sites is 1. The lowest BCUT2D eigenvalue weighted by Gasteiger charge is -2.18. The third-order valence-electron chi connectivity index (χ3n) is 5.46. The number of thioether (sulfide) groups is 1. The largest absolute Gasteiger partial charge is 0.485 e. The van der Waals surface area contributed by atoms with Crippen LogP contribution >= 0.6 is 11.8 Å². The zero-order valence-electron chi connectivity index (χ0n) is 18.5. The highest BCUT2D eigenvalue weighted by molar-refractivity contribution is 7.99. The van der Waals surface area contributed by atoms with Gasteiger partial charge in [-0.3, -0.25) is 4.79 Å². The Bertz CT molecular complexity index is 1090. The molecule has 1 aliphatic rings. The third-order valence-corrected chi connectivity index (χ3v) is 6.39. The fourth-order valence-corrected chi connectivity index (χ4v) is 4.79. The van der Waals surface area contributed by atoms with Crippen LogP contribution in [0.1, 0.15) is 42.4 Å². The molecular formula is C24H28N4O2S. The molecule has 0 atom stereocenters. The Morgan fingerprint density at radius 3 is 2.77 bits per heavy atom. The minimum Gasteiger partial charge on any atom is -0.485 e. The van der Waals surface area contributed by atoms with Crippen molar-refractivity contribution in [1.29, 1.82) is 0 Å². The first kappa shape index (κ1) is 21.4. The Kier molecular flexibility index (Phi) is 6.32. The van der Waals surface area contributed by atoms with Crippen LogP contribution < -0.4 is 9.64 Å². The molecule has 0 aliphatic carbocycles. The molecule has 162 valence electrons. The topological polar surface area (TPSA) is 60.3 Å². The van der Waals surface area contributed by atoms with Gasteiger partial charge in [0.15, 0.2) is 11.0 Å². The van der Waals surface area contributed by atoms with Gasteiger partial charge in [0, 0.05) is 18.3 Å². The fraction of sp³-hybridized carbons (Fsp3) is 0.375. The van der Waals surface area contributed by atoms with Crippen LogP contribution in [0.3, 0.4) is 0 Å². The summed E-state index contributed by atoms with van der Waals surface area (Å²) in [6.45, 7) is 9.34. The summed E-state index contributed by atoms with van der Waals surface area (Å²) in [5.41, 5.74) is 4.51. The molecule has 3 aromatic rings. The van der Waals surface area contributed by atoms with E-state index in [1.54, 1.807) is 0 Å². The minimum atomic E-state index is 0.0986. The predicted molar refractivity (Wildman–Crippen MR) is 124 cm³/mol. The van der Waals surface area contributed by atoms with Gasteiger partial charge >= 0.3 is 0 Å². The molecule has 0 radical (unpaired) electrons. The molecule has 2 aromatic carbocycles. The molecule has 7 heteroatoms. The van der Waals surface area contributed by atoms with Crippen LogP contribution in [0, 0.1) is 13.8 Å². The maximum Gasteiger partial charge on any atom is 0.237 e. The van der Waals surface area contributed by atoms with Crippen molar-refractivity contribution in [2.24, 2.45) is 0 Å². The highest BCUT2D eigenvalue weighted by Gasteiger charge is 2.25. The average Bonchev–Trinajstić information content (AvgIpc) is 3.37. The van der Waals surface area contributed by atoms with E-state index in [0.717, 1.165) is 46.5 Å². The number of fused-ring (bicyclic) bond motifs is 1. The van der Waals surface area contributed by atoms with Gasteiger partial charge in [0.1, 0.15) is 12.4 Å². The van der Waals surface area contributed by atoms with Crippen LogP contribution in [0.25, 0.3) is 0 Å². The lowest BCUT2D eigenvalue weighted by Crippen LogP contribution is -2.30. The lowest BCUT2D eigenvalue weighted by atomic mass is 10.1. The molecule has 6 nitrogen and oxygen atoms in total. The van der Waals surface area contributed by atoms with Crippen LogP contribution in [-0.4, -0.2) is 33.0 Å². The number of hydrogen-bond donors (Lipinski definition) is 0. The molecule has 1 aliphatic heterocycles. The van der Waals surface area contributed by atoms with E-state index in [2.05, 4.69) is 46.8 Å². The van der Waals surface area contributed by atoms with Crippen LogP contribution in [0.15, 0.2) is 47.6 Å². The van der Waals surface area contributed by atoms with Crippen LogP contribution in [0.5, 0.6) is 5.75 Å². The highest BCUT2D eigenvalue weighted by Crippen LogP contribution is 2.29. The first-order valence-electron chi connectivity index (χ1n) is 10.6. The van der Waals surface area contributed by atoms with E-state index in [9.17, 15) is 4.79 Å². The molecule has 0 unspecified atom stereocenters. The normalized spacial score (nSPS) is 13.0. The van der Waals surface area contributed by atoms with Crippen molar-refractivity contribution < 1.29 is 9.53 Å². The van der Waals surface area contributed by atoms with Gasteiger partial charge in [0.25, 0.3) is 0 Å². The summed E-state index contributed by atoms with van der Waals surface area (Å²) >= 11 is 1.44. The minimum absolute atomic E-state index is 0.0986. The van der Waals surface area contributed by atoms with Crippen molar-refractivity contribution in [2.45, 2.75) is 51.9 Å². The quantitative estimate of drug-likeness (QED) is 0.501. The summed E-state index contributed by atoms with van der Waals surface area (Å²) in [5.74, 6) is 2.05. The Morgan fingerprint density at radius 2 is 1.97 bits per heavy atom. The van der Waals surface area contributed by atoms with Gasteiger partial charge in [-0.15, -0.1) is 10.2 Å². The number of nitrogens with zero attached hydrogens (tertiary/aromatic N) is 4. The Labute approximate surface area is 187 Å². The summed E-state index contributed by atoms with van der Waals surface area (Å²) in [7, 11) is 0. The third kappa shape index (κ3) is 4.61. The molecule has 0 bridgehead atoms. The molecule has 0 spiro atoms. The first-order valence-corrected chi connectivity index (χ1v) is 11.6. The lowest BCUT2D eigenvalue weighted by molar-refractivity contribution is -0.116. The van der Waals surface area contributed by atoms with Gasteiger partial charge in [0.2, 0.25) is 5.91 Å². The van der Waals surface area contributed by atoms with Gasteiger partial charge in [-0.25, -0.2) is 0 Å². The number of rotatable bonds is 7. The van der Waals surface area contributed by atoms with E-state index >= 15 is 0 Å². The number of aromatic nitrogens is 3. The highest BCUT2D eigenvalue weighted by atomic mass is 32.2. The first-order chi connectivity index (χ1) is 14.9. The molecule has 0 N–H and O–H groups in total. The van der Waals surface area contributed by atoms with Crippen molar-refractivity contribution in [2.75, 3.05) is 17.2 Å². The molecule has 1 amide bonds. The summed E-state index contributed by atoms with van der Waals surface area (Å²) in [5, 5.41) is 9.46. The van der Waals surface area contributed by atoms with Gasteiger partial charge < -0.3 is 14.2 Å². The van der Waals surface area contributed by atoms with Crippen LogP contribution in [0.4, 0.5) is 5.69 Å². The van der Waals surface area contributed by atoms with Gasteiger partial charge in [-0.1, -0.05) is 42.1 Å². The van der Waals surface area contributed by atoms with E-state index in [4.69, 9.17) is 4.74 Å². The molecule has 0 saturated carbocycles. The number of carbonyl (C=O) groups excluding carboxylic acids is 1. The Hall–Kier alpha value is -2.80. The molecule has 31 heavy (non-hydrogen) atoms. The SMILES string of the molecule is Cc1ccc(C)c(OCc2nnc(SCC(=O)N3CCc4ccccc43)n2C(C)C)c1. The van der Waals surface area contributed by atoms with E-state index in [0.29, 0.717) is 12.4 Å². The van der Waals surface area contributed by atoms with Crippen LogP contribution in [0.2, 0.25) is 0 Å². The van der Waals surface area contributed by atoms with E-state index < -0.39 is 0 Å². The molecule has 4 rings (SSSR count). The van der Waals surface area contributed by atoms with Gasteiger partial charge in [-0.05, 0) is 62.9 Å². The van der Waals surface area contributed by atoms with Crippen molar-refractivity contribution >= 4 is 23.4 Å². The van der Waals surface area contributed by atoms with Gasteiger partial charge in [-0.2, -0.15) is 0 Å². The predicted octanol–water partition coefficient (Wildman–Crippen LogP) is 4.74. The van der Waals surface area contributed by atoms with Crippen molar-refractivity contribution in [1.82, 2.24) is 14.8 Å². The maximum atomic E-state index is 12.9. The molecule has 1 aromatic heterocycles. The number of aryl methyl sites for hydroxylation is 2. The molecule has 2 heterocycles.